The van der Waals surface area contributed by atoms with Gasteiger partial charge in [-0.3, -0.25) is 0 Å². The minimum Gasteiger partial charge on any atom is -0.380 e. The third kappa shape index (κ3) is 5.65. The van der Waals surface area contributed by atoms with E-state index in [0.717, 1.165) is 31.9 Å². The van der Waals surface area contributed by atoms with Crippen LogP contribution in [0.4, 0.5) is 5.82 Å². The number of pyridine rings is 1. The fourth-order valence-corrected chi connectivity index (χ4v) is 1.42. The SMILES string of the molecule is CCCNCc1ccnc(NCC(C)OC)c1. The predicted molar refractivity (Wildman–Crippen MR) is 71.2 cm³/mol. The average molecular weight is 237 g/mol. The zero-order valence-corrected chi connectivity index (χ0v) is 11.0. The Kier molecular flexibility index (Phi) is 6.58. The van der Waals surface area contributed by atoms with E-state index >= 15 is 0 Å². The zero-order valence-electron chi connectivity index (χ0n) is 11.0. The zero-order chi connectivity index (χ0) is 12.5. The highest BCUT2D eigenvalue weighted by Crippen LogP contribution is 2.06. The molecule has 1 atom stereocenters. The second kappa shape index (κ2) is 8.03. The summed E-state index contributed by atoms with van der Waals surface area (Å²) < 4.78 is 5.18. The molecule has 1 heterocycles. The monoisotopic (exact) mass is 237 g/mol. The van der Waals surface area contributed by atoms with Crippen molar-refractivity contribution in [1.82, 2.24) is 10.3 Å². The van der Waals surface area contributed by atoms with Gasteiger partial charge in [0.2, 0.25) is 0 Å². The number of anilines is 1. The molecule has 1 rings (SSSR count). The summed E-state index contributed by atoms with van der Waals surface area (Å²) in [4.78, 5) is 4.28. The van der Waals surface area contributed by atoms with Gasteiger partial charge in [0, 0.05) is 26.4 Å². The molecule has 1 aromatic rings. The topological polar surface area (TPSA) is 46.2 Å². The fraction of sp³-hybridized carbons (Fsp3) is 0.615. The molecular weight excluding hydrogens is 214 g/mol. The summed E-state index contributed by atoms with van der Waals surface area (Å²) in [6.45, 7) is 6.91. The lowest BCUT2D eigenvalue weighted by Crippen LogP contribution is -2.19. The summed E-state index contributed by atoms with van der Waals surface area (Å²) in [6.07, 6.45) is 3.18. The van der Waals surface area contributed by atoms with Crippen LogP contribution in [0.5, 0.6) is 0 Å². The van der Waals surface area contributed by atoms with Crippen LogP contribution >= 0.6 is 0 Å². The third-order valence-corrected chi connectivity index (χ3v) is 2.55. The van der Waals surface area contributed by atoms with Crippen LogP contribution in [0.2, 0.25) is 0 Å². The molecule has 0 aromatic carbocycles. The number of aromatic nitrogens is 1. The van der Waals surface area contributed by atoms with Crippen molar-refractivity contribution in [2.45, 2.75) is 32.9 Å². The molecule has 0 bridgehead atoms. The van der Waals surface area contributed by atoms with Gasteiger partial charge in [-0.05, 0) is 37.6 Å². The first kappa shape index (κ1) is 13.9. The molecule has 4 heteroatoms. The average Bonchev–Trinajstić information content (AvgIpc) is 2.37. The molecular formula is C13H23N3O. The Balaban J connectivity index is 2.42. The summed E-state index contributed by atoms with van der Waals surface area (Å²) in [7, 11) is 1.71. The van der Waals surface area contributed by atoms with Gasteiger partial charge in [0.25, 0.3) is 0 Å². The first-order valence-corrected chi connectivity index (χ1v) is 6.18. The minimum atomic E-state index is 0.193. The maximum Gasteiger partial charge on any atom is 0.126 e. The smallest absolute Gasteiger partial charge is 0.126 e. The lowest BCUT2D eigenvalue weighted by molar-refractivity contribution is 0.128. The molecule has 0 aliphatic rings. The molecule has 0 aliphatic heterocycles. The van der Waals surface area contributed by atoms with Gasteiger partial charge in [-0.1, -0.05) is 6.92 Å². The van der Waals surface area contributed by atoms with E-state index in [-0.39, 0.29) is 6.10 Å². The largest absolute Gasteiger partial charge is 0.380 e. The molecule has 1 aromatic heterocycles. The van der Waals surface area contributed by atoms with Crippen LogP contribution in [0.25, 0.3) is 0 Å². The van der Waals surface area contributed by atoms with Crippen molar-refractivity contribution < 1.29 is 4.74 Å². The number of hydrogen-bond donors (Lipinski definition) is 2. The van der Waals surface area contributed by atoms with Crippen molar-refractivity contribution in [3.63, 3.8) is 0 Å². The molecule has 4 nitrogen and oxygen atoms in total. The van der Waals surface area contributed by atoms with Gasteiger partial charge in [0.15, 0.2) is 0 Å². The predicted octanol–water partition coefficient (Wildman–Crippen LogP) is 2.03. The maximum absolute atomic E-state index is 5.18. The van der Waals surface area contributed by atoms with Gasteiger partial charge < -0.3 is 15.4 Å². The molecule has 0 aliphatic carbocycles. The first-order chi connectivity index (χ1) is 8.26. The summed E-state index contributed by atoms with van der Waals surface area (Å²) in [5, 5.41) is 6.64. The molecule has 0 radical (unpaired) electrons. The van der Waals surface area contributed by atoms with Gasteiger partial charge in [0.1, 0.15) is 5.82 Å². The van der Waals surface area contributed by atoms with E-state index in [1.165, 1.54) is 5.56 Å². The summed E-state index contributed by atoms with van der Waals surface area (Å²) in [6, 6.07) is 4.11. The Morgan fingerprint density at radius 3 is 3.00 bits per heavy atom. The number of rotatable bonds is 8. The number of methoxy groups -OCH3 is 1. The van der Waals surface area contributed by atoms with Gasteiger partial charge in [-0.2, -0.15) is 0 Å². The molecule has 1 unspecified atom stereocenters. The highest BCUT2D eigenvalue weighted by atomic mass is 16.5. The Morgan fingerprint density at radius 2 is 2.29 bits per heavy atom. The lowest BCUT2D eigenvalue weighted by atomic mass is 10.2. The van der Waals surface area contributed by atoms with Gasteiger partial charge >= 0.3 is 0 Å². The second-order valence-electron chi connectivity index (χ2n) is 4.15. The molecule has 0 spiro atoms. The highest BCUT2D eigenvalue weighted by Gasteiger charge is 2.00. The maximum atomic E-state index is 5.18. The Bertz CT molecular complexity index is 317. The summed E-state index contributed by atoms with van der Waals surface area (Å²) in [5.74, 6) is 0.907. The molecule has 96 valence electrons. The number of nitrogens with zero attached hydrogens (tertiary/aromatic N) is 1. The molecule has 2 N–H and O–H groups in total. The van der Waals surface area contributed by atoms with Crippen LogP contribution < -0.4 is 10.6 Å². The molecule has 0 amide bonds. The number of ether oxygens (including phenoxy) is 1. The van der Waals surface area contributed by atoms with E-state index in [1.807, 2.05) is 19.2 Å². The standard InChI is InChI=1S/C13H23N3O/c1-4-6-14-10-12-5-7-15-13(8-12)16-9-11(2)17-3/h5,7-8,11,14H,4,6,9-10H2,1-3H3,(H,15,16). The van der Waals surface area contributed by atoms with E-state index in [4.69, 9.17) is 4.74 Å². The Hall–Kier alpha value is -1.13. The van der Waals surface area contributed by atoms with Gasteiger partial charge in [-0.25, -0.2) is 4.98 Å². The second-order valence-corrected chi connectivity index (χ2v) is 4.15. The number of nitrogens with one attached hydrogen (secondary N) is 2. The van der Waals surface area contributed by atoms with Crippen molar-refractivity contribution >= 4 is 5.82 Å². The van der Waals surface area contributed by atoms with Crippen molar-refractivity contribution in [2.75, 3.05) is 25.5 Å². The van der Waals surface area contributed by atoms with Crippen LogP contribution in [0.3, 0.4) is 0 Å². The van der Waals surface area contributed by atoms with E-state index < -0.39 is 0 Å². The van der Waals surface area contributed by atoms with Gasteiger partial charge in [-0.15, -0.1) is 0 Å². The van der Waals surface area contributed by atoms with E-state index in [2.05, 4.69) is 28.6 Å². The molecule has 0 saturated heterocycles. The highest BCUT2D eigenvalue weighted by molar-refractivity contribution is 5.37. The van der Waals surface area contributed by atoms with Crippen molar-refractivity contribution in [3.05, 3.63) is 23.9 Å². The third-order valence-electron chi connectivity index (χ3n) is 2.55. The fourth-order valence-electron chi connectivity index (χ4n) is 1.42. The minimum absolute atomic E-state index is 0.193. The van der Waals surface area contributed by atoms with Crippen LogP contribution in [0.1, 0.15) is 25.8 Å². The number of hydrogen-bond acceptors (Lipinski definition) is 4. The van der Waals surface area contributed by atoms with E-state index in [1.54, 1.807) is 7.11 Å². The van der Waals surface area contributed by atoms with Crippen LogP contribution in [-0.2, 0) is 11.3 Å². The molecule has 0 fully saturated rings. The molecule has 0 saturated carbocycles. The van der Waals surface area contributed by atoms with Gasteiger partial charge in [0.05, 0.1) is 6.10 Å². The van der Waals surface area contributed by atoms with Crippen LogP contribution in [0.15, 0.2) is 18.3 Å². The lowest BCUT2D eigenvalue weighted by Gasteiger charge is -2.12. The quantitative estimate of drug-likeness (QED) is 0.679. The Labute approximate surface area is 104 Å². The van der Waals surface area contributed by atoms with Crippen molar-refractivity contribution in [1.29, 1.82) is 0 Å². The summed E-state index contributed by atoms with van der Waals surface area (Å²) >= 11 is 0. The van der Waals surface area contributed by atoms with E-state index in [9.17, 15) is 0 Å². The van der Waals surface area contributed by atoms with E-state index in [0.29, 0.717) is 0 Å². The first-order valence-electron chi connectivity index (χ1n) is 6.18. The Morgan fingerprint density at radius 1 is 1.47 bits per heavy atom. The van der Waals surface area contributed by atoms with Crippen molar-refractivity contribution in [3.8, 4) is 0 Å². The van der Waals surface area contributed by atoms with Crippen LogP contribution in [0, 0.1) is 0 Å². The summed E-state index contributed by atoms with van der Waals surface area (Å²) in [5.41, 5.74) is 1.25. The van der Waals surface area contributed by atoms with Crippen LogP contribution in [-0.4, -0.2) is 31.3 Å². The normalized spacial score (nSPS) is 12.4. The molecule has 17 heavy (non-hydrogen) atoms. The van der Waals surface area contributed by atoms with Crippen molar-refractivity contribution in [2.24, 2.45) is 0 Å².